The first-order valence-corrected chi connectivity index (χ1v) is 10.8. The summed E-state index contributed by atoms with van der Waals surface area (Å²) in [5.41, 5.74) is 5.92. The van der Waals surface area contributed by atoms with Gasteiger partial charge in [0.1, 0.15) is 0 Å². The molecule has 3 rings (SSSR count). The van der Waals surface area contributed by atoms with Gasteiger partial charge in [-0.2, -0.15) is 0 Å². The minimum atomic E-state index is -3.03. The molecule has 2 fully saturated rings. The molecule has 3 amide bonds. The normalized spacial score (nSPS) is 21.3. The van der Waals surface area contributed by atoms with Gasteiger partial charge in [-0.25, -0.2) is 8.42 Å². The maximum Gasteiger partial charge on any atom is 0.269 e. The number of sulfone groups is 1. The summed E-state index contributed by atoms with van der Waals surface area (Å²) in [5, 5.41) is 0. The molecule has 0 unspecified atom stereocenters. The summed E-state index contributed by atoms with van der Waals surface area (Å²) in [6, 6.07) is 6.90. The van der Waals surface area contributed by atoms with Crippen LogP contribution in [0.1, 0.15) is 41.6 Å². The third-order valence-corrected chi connectivity index (χ3v) is 6.69. The van der Waals surface area contributed by atoms with Crippen LogP contribution in [0, 0.1) is 5.92 Å². The molecule has 0 radical (unpaired) electrons. The van der Waals surface area contributed by atoms with E-state index >= 15 is 0 Å². The summed E-state index contributed by atoms with van der Waals surface area (Å²) >= 11 is 0. The van der Waals surface area contributed by atoms with Gasteiger partial charge in [0.25, 0.3) is 5.91 Å². The predicted octanol–water partition coefficient (Wildman–Crippen LogP) is 0.395. The number of rotatable bonds is 5. The molecule has 1 aromatic rings. The van der Waals surface area contributed by atoms with Crippen molar-refractivity contribution in [2.45, 2.75) is 32.2 Å². The molecule has 0 bridgehead atoms. The SMILES string of the molecule is O=C(C[C@H]1CCS(=O)(=O)C1)NNC(=O)c1cccc(CN2CCCC2=O)c1. The Morgan fingerprint density at radius 2 is 2.04 bits per heavy atom. The van der Waals surface area contributed by atoms with E-state index in [-0.39, 0.29) is 29.8 Å². The minimum Gasteiger partial charge on any atom is -0.338 e. The summed E-state index contributed by atoms with van der Waals surface area (Å²) in [4.78, 5) is 37.6. The smallest absolute Gasteiger partial charge is 0.269 e. The van der Waals surface area contributed by atoms with Crippen molar-refractivity contribution in [2.75, 3.05) is 18.1 Å². The number of nitrogens with one attached hydrogen (secondary N) is 2. The average Bonchev–Trinajstić information content (AvgIpc) is 3.18. The molecule has 0 aromatic heterocycles. The van der Waals surface area contributed by atoms with Crippen LogP contribution in [0.4, 0.5) is 0 Å². The summed E-state index contributed by atoms with van der Waals surface area (Å²) < 4.78 is 22.8. The standard InChI is InChI=1S/C18H23N3O5S/c22-16(10-14-6-8-27(25,26)12-14)19-20-18(24)15-4-1-3-13(9-15)11-21-7-2-5-17(21)23/h1,3-4,9,14H,2,5-8,10-12H2,(H,19,22)(H,20,24)/t14-/m1/s1. The Balaban J connectivity index is 1.50. The van der Waals surface area contributed by atoms with Crippen molar-refractivity contribution in [1.29, 1.82) is 0 Å². The summed E-state index contributed by atoms with van der Waals surface area (Å²) in [5.74, 6) is -0.824. The van der Waals surface area contributed by atoms with Gasteiger partial charge in [-0.05, 0) is 36.5 Å². The van der Waals surface area contributed by atoms with Crippen molar-refractivity contribution in [3.63, 3.8) is 0 Å². The fraction of sp³-hybridized carbons (Fsp3) is 0.500. The van der Waals surface area contributed by atoms with Crippen LogP contribution in [0.2, 0.25) is 0 Å². The predicted molar refractivity (Wildman–Crippen MR) is 98.1 cm³/mol. The zero-order valence-electron chi connectivity index (χ0n) is 14.9. The first-order valence-electron chi connectivity index (χ1n) is 8.99. The number of hydrogen-bond donors (Lipinski definition) is 2. The lowest BCUT2D eigenvalue weighted by Crippen LogP contribution is -2.42. The van der Waals surface area contributed by atoms with Crippen LogP contribution in [0.3, 0.4) is 0 Å². The van der Waals surface area contributed by atoms with Crippen molar-refractivity contribution >= 4 is 27.6 Å². The molecule has 1 aromatic carbocycles. The summed E-state index contributed by atoms with van der Waals surface area (Å²) in [6.45, 7) is 1.19. The third kappa shape index (κ3) is 5.29. The molecule has 2 heterocycles. The Morgan fingerprint density at radius 1 is 1.22 bits per heavy atom. The quantitative estimate of drug-likeness (QED) is 0.703. The lowest BCUT2D eigenvalue weighted by molar-refractivity contribution is -0.128. The van der Waals surface area contributed by atoms with Crippen LogP contribution in [-0.2, 0) is 26.0 Å². The Labute approximate surface area is 158 Å². The molecule has 2 aliphatic heterocycles. The minimum absolute atomic E-state index is 0.0195. The lowest BCUT2D eigenvalue weighted by Gasteiger charge is -2.16. The monoisotopic (exact) mass is 393 g/mol. The van der Waals surface area contributed by atoms with E-state index < -0.39 is 21.7 Å². The van der Waals surface area contributed by atoms with Crippen LogP contribution in [0.15, 0.2) is 24.3 Å². The molecule has 27 heavy (non-hydrogen) atoms. The van der Waals surface area contributed by atoms with Crippen molar-refractivity contribution in [2.24, 2.45) is 5.92 Å². The Hall–Kier alpha value is -2.42. The molecule has 146 valence electrons. The van der Waals surface area contributed by atoms with Gasteiger partial charge in [0.05, 0.1) is 11.5 Å². The molecule has 0 aliphatic carbocycles. The van der Waals surface area contributed by atoms with Crippen molar-refractivity contribution in [3.05, 3.63) is 35.4 Å². The highest BCUT2D eigenvalue weighted by Gasteiger charge is 2.29. The molecule has 1 atom stereocenters. The van der Waals surface area contributed by atoms with Gasteiger partial charge < -0.3 is 4.90 Å². The molecule has 0 spiro atoms. The summed E-state index contributed by atoms with van der Waals surface area (Å²) in [6.07, 6.45) is 1.96. The second-order valence-corrected chi connectivity index (χ2v) is 9.32. The van der Waals surface area contributed by atoms with Gasteiger partial charge in [-0.1, -0.05) is 12.1 Å². The zero-order valence-corrected chi connectivity index (χ0v) is 15.8. The molecular weight excluding hydrogens is 370 g/mol. The topological polar surface area (TPSA) is 113 Å². The van der Waals surface area contributed by atoms with Crippen LogP contribution in [0.25, 0.3) is 0 Å². The molecule has 2 aliphatic rings. The van der Waals surface area contributed by atoms with E-state index in [9.17, 15) is 22.8 Å². The van der Waals surface area contributed by atoms with Crippen LogP contribution < -0.4 is 10.9 Å². The average molecular weight is 393 g/mol. The number of carbonyl (C=O) groups is 3. The van der Waals surface area contributed by atoms with Gasteiger partial charge >= 0.3 is 0 Å². The van der Waals surface area contributed by atoms with Crippen LogP contribution >= 0.6 is 0 Å². The second kappa shape index (κ2) is 8.08. The number of hydrogen-bond acceptors (Lipinski definition) is 5. The number of amides is 3. The van der Waals surface area contributed by atoms with E-state index in [2.05, 4.69) is 10.9 Å². The van der Waals surface area contributed by atoms with E-state index in [0.717, 1.165) is 18.5 Å². The van der Waals surface area contributed by atoms with Crippen LogP contribution in [-0.4, -0.2) is 49.1 Å². The van der Waals surface area contributed by atoms with Gasteiger partial charge in [-0.15, -0.1) is 0 Å². The van der Waals surface area contributed by atoms with Crippen LogP contribution in [0.5, 0.6) is 0 Å². The lowest BCUT2D eigenvalue weighted by atomic mass is 10.1. The Morgan fingerprint density at radius 3 is 2.70 bits per heavy atom. The fourth-order valence-electron chi connectivity index (χ4n) is 3.45. The highest BCUT2D eigenvalue weighted by atomic mass is 32.2. The molecule has 2 saturated heterocycles. The number of nitrogens with zero attached hydrogens (tertiary/aromatic N) is 1. The van der Waals surface area contributed by atoms with Gasteiger partial charge in [0.15, 0.2) is 9.84 Å². The highest BCUT2D eigenvalue weighted by Crippen LogP contribution is 2.21. The molecule has 9 heteroatoms. The van der Waals surface area contributed by atoms with E-state index in [1.807, 2.05) is 6.07 Å². The molecular formula is C18H23N3O5S. The number of hydrazine groups is 1. The number of benzene rings is 1. The van der Waals surface area contributed by atoms with Crippen molar-refractivity contribution < 1.29 is 22.8 Å². The Kier molecular flexibility index (Phi) is 5.79. The molecule has 2 N–H and O–H groups in total. The largest absolute Gasteiger partial charge is 0.338 e. The Bertz CT molecular complexity index is 852. The van der Waals surface area contributed by atoms with Gasteiger partial charge in [0.2, 0.25) is 11.8 Å². The van der Waals surface area contributed by atoms with Gasteiger partial charge in [-0.3, -0.25) is 25.2 Å². The molecule has 8 nitrogen and oxygen atoms in total. The highest BCUT2D eigenvalue weighted by molar-refractivity contribution is 7.91. The molecule has 0 saturated carbocycles. The van der Waals surface area contributed by atoms with E-state index in [1.165, 1.54) is 0 Å². The van der Waals surface area contributed by atoms with E-state index in [0.29, 0.717) is 24.9 Å². The fourth-order valence-corrected chi connectivity index (χ4v) is 5.31. The third-order valence-electron chi connectivity index (χ3n) is 4.85. The number of likely N-dealkylation sites (tertiary alicyclic amines) is 1. The zero-order chi connectivity index (χ0) is 19.4. The van der Waals surface area contributed by atoms with Crippen molar-refractivity contribution in [1.82, 2.24) is 15.8 Å². The van der Waals surface area contributed by atoms with Crippen molar-refractivity contribution in [3.8, 4) is 0 Å². The van der Waals surface area contributed by atoms with E-state index in [1.54, 1.807) is 23.1 Å². The number of carbonyl (C=O) groups excluding carboxylic acids is 3. The second-order valence-electron chi connectivity index (χ2n) is 7.09. The first kappa shape index (κ1) is 19.3. The van der Waals surface area contributed by atoms with Gasteiger partial charge in [0, 0.05) is 31.5 Å². The first-order chi connectivity index (χ1) is 12.8. The maximum absolute atomic E-state index is 12.2. The van der Waals surface area contributed by atoms with E-state index in [4.69, 9.17) is 0 Å². The summed E-state index contributed by atoms with van der Waals surface area (Å²) in [7, 11) is -3.03. The maximum atomic E-state index is 12.2.